The van der Waals surface area contributed by atoms with Crippen LogP contribution >= 0.6 is 34.8 Å². The predicted molar refractivity (Wildman–Crippen MR) is 91.5 cm³/mol. The van der Waals surface area contributed by atoms with E-state index in [0.717, 1.165) is 33.7 Å². The van der Waals surface area contributed by atoms with E-state index in [-0.39, 0.29) is 0 Å². The maximum atomic E-state index is 6.39. The molecule has 6 heteroatoms. The van der Waals surface area contributed by atoms with Crippen LogP contribution in [0.2, 0.25) is 15.2 Å². The van der Waals surface area contributed by atoms with Gasteiger partial charge in [-0.3, -0.25) is 0 Å². The van der Waals surface area contributed by atoms with Crippen molar-refractivity contribution in [1.82, 2.24) is 14.6 Å². The molecule has 3 aromatic rings. The second-order valence-electron chi connectivity index (χ2n) is 5.37. The molecule has 0 bridgehead atoms. The average Bonchev–Trinajstić information content (AvgIpc) is 2.76. The van der Waals surface area contributed by atoms with E-state index in [4.69, 9.17) is 34.8 Å². The zero-order valence-electron chi connectivity index (χ0n) is 12.4. The van der Waals surface area contributed by atoms with Gasteiger partial charge in [0.25, 0.3) is 0 Å². The first-order valence-electron chi connectivity index (χ1n) is 6.83. The molecule has 2 heterocycles. The summed E-state index contributed by atoms with van der Waals surface area (Å²) >= 11 is 18.8. The van der Waals surface area contributed by atoms with Crippen LogP contribution < -0.4 is 0 Å². The molecule has 0 saturated carbocycles. The normalized spacial score (nSPS) is 11.4. The van der Waals surface area contributed by atoms with E-state index in [1.54, 1.807) is 4.52 Å². The zero-order chi connectivity index (χ0) is 16.0. The van der Waals surface area contributed by atoms with E-state index in [2.05, 4.69) is 10.1 Å². The third-order valence-corrected chi connectivity index (χ3v) is 5.04. The van der Waals surface area contributed by atoms with Crippen molar-refractivity contribution < 1.29 is 0 Å². The van der Waals surface area contributed by atoms with Gasteiger partial charge in [-0.05, 0) is 49.6 Å². The minimum atomic E-state index is 0.478. The molecule has 1 aromatic carbocycles. The van der Waals surface area contributed by atoms with Crippen LogP contribution in [0.3, 0.4) is 0 Å². The van der Waals surface area contributed by atoms with Crippen molar-refractivity contribution in [2.75, 3.05) is 0 Å². The Bertz CT molecular complexity index is 884. The maximum absolute atomic E-state index is 6.39. The van der Waals surface area contributed by atoms with Crippen molar-refractivity contribution >= 4 is 40.4 Å². The maximum Gasteiger partial charge on any atom is 0.154 e. The van der Waals surface area contributed by atoms with Crippen molar-refractivity contribution in [3.63, 3.8) is 0 Å². The van der Waals surface area contributed by atoms with Gasteiger partial charge in [0.1, 0.15) is 0 Å². The smallest absolute Gasteiger partial charge is 0.154 e. The number of hydrogen-bond acceptors (Lipinski definition) is 2. The number of rotatable bonds is 2. The van der Waals surface area contributed by atoms with Crippen LogP contribution in [0.25, 0.3) is 5.65 Å². The third-order valence-electron chi connectivity index (χ3n) is 3.78. The summed E-state index contributed by atoms with van der Waals surface area (Å²) in [6, 6.07) is 5.70. The van der Waals surface area contributed by atoms with Gasteiger partial charge in [-0.1, -0.05) is 40.9 Å². The Morgan fingerprint density at radius 2 is 1.77 bits per heavy atom. The summed E-state index contributed by atoms with van der Waals surface area (Å²) in [4.78, 5) is 4.65. The van der Waals surface area contributed by atoms with Crippen molar-refractivity contribution in [3.8, 4) is 0 Å². The average molecular weight is 355 g/mol. The second-order valence-corrected chi connectivity index (χ2v) is 6.51. The quantitative estimate of drug-likeness (QED) is 0.632. The molecule has 0 aliphatic carbocycles. The molecular formula is C16H14Cl3N3. The third kappa shape index (κ3) is 2.58. The Labute approximate surface area is 143 Å². The lowest BCUT2D eigenvalue weighted by Gasteiger charge is -2.08. The zero-order valence-corrected chi connectivity index (χ0v) is 14.7. The van der Waals surface area contributed by atoms with Gasteiger partial charge < -0.3 is 0 Å². The SMILES string of the molecule is Cc1cc2nc(Cc3c(Cl)ccc(C)c3Cl)c(C)n2nc1Cl. The first-order chi connectivity index (χ1) is 10.4. The standard InChI is InChI=1S/C16H14Cl3N3/c1-8-4-5-12(17)11(15(8)18)7-13-10(3)22-14(20-13)6-9(2)16(19)21-22/h4-6H,7H2,1-3H3. The lowest BCUT2D eigenvalue weighted by atomic mass is 10.1. The largest absolute Gasteiger partial charge is 0.231 e. The molecule has 0 radical (unpaired) electrons. The number of imidazole rings is 1. The summed E-state index contributed by atoms with van der Waals surface area (Å²) < 4.78 is 1.75. The van der Waals surface area contributed by atoms with E-state index >= 15 is 0 Å². The fraction of sp³-hybridized carbons (Fsp3) is 0.250. The van der Waals surface area contributed by atoms with Gasteiger partial charge in [0, 0.05) is 16.5 Å². The summed E-state index contributed by atoms with van der Waals surface area (Å²) in [6.07, 6.45) is 0.561. The van der Waals surface area contributed by atoms with E-state index < -0.39 is 0 Å². The molecule has 0 unspecified atom stereocenters. The van der Waals surface area contributed by atoms with E-state index in [1.165, 1.54) is 0 Å². The highest BCUT2D eigenvalue weighted by Crippen LogP contribution is 2.30. The lowest BCUT2D eigenvalue weighted by Crippen LogP contribution is -1.98. The fourth-order valence-corrected chi connectivity index (χ4v) is 3.05. The minimum Gasteiger partial charge on any atom is -0.231 e. The Balaban J connectivity index is 2.12. The Hall–Kier alpha value is -1.29. The Morgan fingerprint density at radius 3 is 2.50 bits per heavy atom. The first kappa shape index (κ1) is 15.6. The highest BCUT2D eigenvalue weighted by atomic mass is 35.5. The molecule has 3 rings (SSSR count). The summed E-state index contributed by atoms with van der Waals surface area (Å²) in [6.45, 7) is 5.84. The molecule has 0 aliphatic heterocycles. The van der Waals surface area contributed by atoms with Gasteiger partial charge in [0.05, 0.1) is 11.4 Å². The van der Waals surface area contributed by atoms with Crippen LogP contribution in [0.1, 0.15) is 28.1 Å². The highest BCUT2D eigenvalue weighted by molar-refractivity contribution is 6.36. The number of aryl methyl sites for hydroxylation is 3. The summed E-state index contributed by atoms with van der Waals surface area (Å²) in [5.41, 5.74) is 5.39. The number of fused-ring (bicyclic) bond motifs is 1. The molecule has 0 N–H and O–H groups in total. The molecule has 0 amide bonds. The van der Waals surface area contributed by atoms with Crippen LogP contribution in [0.4, 0.5) is 0 Å². The molecule has 0 spiro atoms. The number of hydrogen-bond donors (Lipinski definition) is 0. The number of benzene rings is 1. The Morgan fingerprint density at radius 1 is 1.05 bits per heavy atom. The molecule has 3 nitrogen and oxygen atoms in total. The molecule has 0 atom stereocenters. The molecular weight excluding hydrogens is 341 g/mol. The van der Waals surface area contributed by atoms with Crippen molar-refractivity contribution in [3.05, 3.63) is 61.5 Å². The van der Waals surface area contributed by atoms with Gasteiger partial charge in [0.2, 0.25) is 0 Å². The van der Waals surface area contributed by atoms with E-state index in [1.807, 2.05) is 39.0 Å². The molecule has 0 fully saturated rings. The van der Waals surface area contributed by atoms with Gasteiger partial charge in [-0.15, -0.1) is 0 Å². The predicted octanol–water partition coefficient (Wildman–Crippen LogP) is 5.21. The molecule has 114 valence electrons. The van der Waals surface area contributed by atoms with Crippen LogP contribution in [0.15, 0.2) is 18.2 Å². The molecule has 0 saturated heterocycles. The fourth-order valence-electron chi connectivity index (χ4n) is 2.41. The topological polar surface area (TPSA) is 30.2 Å². The van der Waals surface area contributed by atoms with Crippen LogP contribution in [-0.4, -0.2) is 14.6 Å². The monoisotopic (exact) mass is 353 g/mol. The molecule has 2 aromatic heterocycles. The minimum absolute atomic E-state index is 0.478. The van der Waals surface area contributed by atoms with Crippen molar-refractivity contribution in [2.45, 2.75) is 27.2 Å². The number of nitrogens with zero attached hydrogens (tertiary/aromatic N) is 3. The number of halogens is 3. The summed E-state index contributed by atoms with van der Waals surface area (Å²) in [7, 11) is 0. The second kappa shape index (κ2) is 5.73. The van der Waals surface area contributed by atoms with Gasteiger partial charge >= 0.3 is 0 Å². The van der Waals surface area contributed by atoms with Gasteiger partial charge in [-0.25, -0.2) is 9.50 Å². The Kier molecular flexibility index (Phi) is 4.06. The van der Waals surface area contributed by atoms with E-state index in [9.17, 15) is 0 Å². The molecule has 0 aliphatic rings. The molecule has 22 heavy (non-hydrogen) atoms. The van der Waals surface area contributed by atoms with Crippen molar-refractivity contribution in [2.24, 2.45) is 0 Å². The van der Waals surface area contributed by atoms with Crippen LogP contribution in [-0.2, 0) is 6.42 Å². The number of aromatic nitrogens is 3. The first-order valence-corrected chi connectivity index (χ1v) is 7.96. The van der Waals surface area contributed by atoms with Crippen LogP contribution in [0, 0.1) is 20.8 Å². The highest BCUT2D eigenvalue weighted by Gasteiger charge is 2.16. The van der Waals surface area contributed by atoms with Gasteiger partial charge in [-0.2, -0.15) is 5.10 Å². The summed E-state index contributed by atoms with van der Waals surface area (Å²) in [5, 5.41) is 6.16. The lowest BCUT2D eigenvalue weighted by molar-refractivity contribution is 0.885. The van der Waals surface area contributed by atoms with Gasteiger partial charge in [0.15, 0.2) is 10.8 Å². The van der Waals surface area contributed by atoms with Crippen molar-refractivity contribution in [1.29, 1.82) is 0 Å². The summed E-state index contributed by atoms with van der Waals surface area (Å²) in [5.74, 6) is 0. The van der Waals surface area contributed by atoms with E-state index in [0.29, 0.717) is 21.6 Å². The van der Waals surface area contributed by atoms with Crippen LogP contribution in [0.5, 0.6) is 0 Å².